The van der Waals surface area contributed by atoms with Crippen molar-refractivity contribution >= 4 is 5.91 Å². The molecule has 0 spiro atoms. The molecule has 1 amide bonds. The predicted molar refractivity (Wildman–Crippen MR) is 101 cm³/mol. The van der Waals surface area contributed by atoms with Gasteiger partial charge in [-0.15, -0.1) is 0 Å². The fourth-order valence-corrected chi connectivity index (χ4v) is 3.95. The van der Waals surface area contributed by atoms with E-state index in [4.69, 9.17) is 37.1 Å². The number of carbonyl (C=O) groups excluding carboxylic acids is 1. The first-order chi connectivity index (χ1) is 13.1. The highest BCUT2D eigenvalue weighted by Gasteiger charge is 2.53. The lowest BCUT2D eigenvalue weighted by atomic mass is 9.80. The Morgan fingerprint density at radius 1 is 1.25 bits per heavy atom. The molecule has 1 aliphatic carbocycles. The van der Waals surface area contributed by atoms with Crippen LogP contribution in [0.2, 0.25) is 0 Å². The van der Waals surface area contributed by atoms with Crippen molar-refractivity contribution in [1.29, 1.82) is 0 Å². The number of aliphatic hydroxyl groups is 2. The zero-order valence-electron chi connectivity index (χ0n) is 16.7. The number of amides is 1. The second-order valence-corrected chi connectivity index (χ2v) is 7.70. The van der Waals surface area contributed by atoms with Gasteiger partial charge < -0.3 is 52.3 Å². The van der Waals surface area contributed by atoms with Gasteiger partial charge >= 0.3 is 0 Å². The molecular formula is C17H35N5O6. The molecule has 1 saturated heterocycles. The van der Waals surface area contributed by atoms with E-state index in [2.05, 4.69) is 0 Å². The molecule has 0 radical (unpaired) electrons. The number of ether oxygens (including phenoxy) is 3. The van der Waals surface area contributed by atoms with Crippen molar-refractivity contribution in [1.82, 2.24) is 4.90 Å². The molecule has 0 unspecified atom stereocenters. The molecule has 2 fully saturated rings. The van der Waals surface area contributed by atoms with E-state index in [1.165, 1.54) is 19.1 Å². The molecule has 10 N–H and O–H groups in total. The first kappa shape index (κ1) is 23.4. The van der Waals surface area contributed by atoms with Gasteiger partial charge in [-0.2, -0.15) is 0 Å². The van der Waals surface area contributed by atoms with Crippen LogP contribution in [0, 0.1) is 0 Å². The number of likely N-dealkylation sites (N-methyl/N-ethyl adjacent to an activating group) is 1. The maximum Gasteiger partial charge on any atom is 0.236 e. The van der Waals surface area contributed by atoms with E-state index in [0.717, 1.165) is 0 Å². The molecule has 0 aromatic heterocycles. The highest BCUT2D eigenvalue weighted by atomic mass is 16.7. The van der Waals surface area contributed by atoms with Crippen LogP contribution in [0.15, 0.2) is 0 Å². The van der Waals surface area contributed by atoms with Gasteiger partial charge in [-0.3, -0.25) is 4.79 Å². The number of nitrogens with zero attached hydrogens (tertiary/aromatic N) is 1. The molecule has 1 heterocycles. The van der Waals surface area contributed by atoms with Crippen LogP contribution in [0.1, 0.15) is 19.8 Å². The standard InChI is InChI=1S/C17H35N5O6/c1-7(19)9-5-4-8(20)17(27-9)28-15-11(21)13(24)16(26-3)12(14(15)25)22(2)10(23)6-18/h7-9,11-17,24-25H,4-6,18-21H2,1-3H3/t7-,8+,9-,11+,12+,13+,14-,15-,16-,17+/m0/s1. The Bertz CT molecular complexity index is 526. The van der Waals surface area contributed by atoms with E-state index in [9.17, 15) is 15.0 Å². The highest BCUT2D eigenvalue weighted by molar-refractivity contribution is 5.78. The molecule has 2 aliphatic rings. The second kappa shape index (κ2) is 9.74. The van der Waals surface area contributed by atoms with Crippen LogP contribution in [-0.2, 0) is 19.0 Å². The van der Waals surface area contributed by atoms with Crippen molar-refractivity contribution in [3.8, 4) is 0 Å². The smallest absolute Gasteiger partial charge is 0.236 e. The lowest BCUT2D eigenvalue weighted by Crippen LogP contribution is -2.72. The van der Waals surface area contributed by atoms with Crippen LogP contribution in [0.25, 0.3) is 0 Å². The van der Waals surface area contributed by atoms with Crippen molar-refractivity contribution in [3.05, 3.63) is 0 Å². The third-order valence-electron chi connectivity index (χ3n) is 5.74. The molecule has 11 heteroatoms. The fourth-order valence-electron chi connectivity index (χ4n) is 3.95. The van der Waals surface area contributed by atoms with Gasteiger partial charge in [-0.25, -0.2) is 0 Å². The summed E-state index contributed by atoms with van der Waals surface area (Å²) in [5, 5.41) is 21.6. The van der Waals surface area contributed by atoms with E-state index in [1.54, 1.807) is 0 Å². The molecule has 1 aliphatic heterocycles. The van der Waals surface area contributed by atoms with Gasteiger partial charge in [-0.05, 0) is 19.8 Å². The van der Waals surface area contributed by atoms with Crippen LogP contribution in [0.3, 0.4) is 0 Å². The van der Waals surface area contributed by atoms with Gasteiger partial charge in [0, 0.05) is 20.2 Å². The average Bonchev–Trinajstić information content (AvgIpc) is 2.67. The number of nitrogens with two attached hydrogens (primary N) is 4. The second-order valence-electron chi connectivity index (χ2n) is 7.70. The molecule has 11 nitrogen and oxygen atoms in total. The molecular weight excluding hydrogens is 370 g/mol. The van der Waals surface area contributed by atoms with Gasteiger partial charge in [0.15, 0.2) is 6.29 Å². The third kappa shape index (κ3) is 4.64. The lowest BCUT2D eigenvalue weighted by Gasteiger charge is -2.50. The molecule has 164 valence electrons. The Kier molecular flexibility index (Phi) is 8.14. The lowest BCUT2D eigenvalue weighted by molar-refractivity contribution is -0.267. The Morgan fingerprint density at radius 2 is 1.89 bits per heavy atom. The summed E-state index contributed by atoms with van der Waals surface area (Å²) in [6.45, 7) is 1.58. The molecule has 1 saturated carbocycles. The topological polar surface area (TPSA) is 193 Å². The number of hydrogen-bond donors (Lipinski definition) is 6. The summed E-state index contributed by atoms with van der Waals surface area (Å²) >= 11 is 0. The number of methoxy groups -OCH3 is 1. The van der Waals surface area contributed by atoms with Crippen LogP contribution in [0.5, 0.6) is 0 Å². The summed E-state index contributed by atoms with van der Waals surface area (Å²) in [6.07, 6.45) is -4.16. The Labute approximate surface area is 165 Å². The van der Waals surface area contributed by atoms with Crippen molar-refractivity contribution in [3.63, 3.8) is 0 Å². The minimum atomic E-state index is -1.25. The molecule has 0 bridgehead atoms. The van der Waals surface area contributed by atoms with Crippen LogP contribution < -0.4 is 22.9 Å². The Hall–Kier alpha value is -0.890. The summed E-state index contributed by atoms with van der Waals surface area (Å²) in [5.74, 6) is -0.421. The molecule has 28 heavy (non-hydrogen) atoms. The third-order valence-corrected chi connectivity index (χ3v) is 5.74. The maximum absolute atomic E-state index is 12.1. The van der Waals surface area contributed by atoms with Crippen LogP contribution in [-0.4, -0.2) is 103 Å². The van der Waals surface area contributed by atoms with Crippen LogP contribution >= 0.6 is 0 Å². The molecule has 0 aromatic rings. The van der Waals surface area contributed by atoms with Gasteiger partial charge in [0.2, 0.25) is 5.91 Å². The minimum Gasteiger partial charge on any atom is -0.389 e. The largest absolute Gasteiger partial charge is 0.389 e. The van der Waals surface area contributed by atoms with Crippen molar-refractivity contribution in [2.75, 3.05) is 20.7 Å². The van der Waals surface area contributed by atoms with E-state index in [0.29, 0.717) is 12.8 Å². The molecule has 0 aromatic carbocycles. The van der Waals surface area contributed by atoms with Gasteiger partial charge in [0.05, 0.1) is 36.9 Å². The monoisotopic (exact) mass is 405 g/mol. The van der Waals surface area contributed by atoms with Gasteiger partial charge in [0.25, 0.3) is 0 Å². The van der Waals surface area contributed by atoms with Crippen molar-refractivity contribution in [2.45, 2.75) is 80.7 Å². The first-order valence-electron chi connectivity index (χ1n) is 9.56. The van der Waals surface area contributed by atoms with Crippen molar-refractivity contribution in [2.24, 2.45) is 22.9 Å². The number of hydrogen-bond acceptors (Lipinski definition) is 10. The Balaban J connectivity index is 2.23. The average molecular weight is 405 g/mol. The number of carbonyl (C=O) groups is 1. The van der Waals surface area contributed by atoms with E-state index < -0.39 is 54.7 Å². The van der Waals surface area contributed by atoms with E-state index in [1.807, 2.05) is 6.92 Å². The predicted octanol–water partition coefficient (Wildman–Crippen LogP) is -3.59. The van der Waals surface area contributed by atoms with Crippen molar-refractivity contribution < 1.29 is 29.2 Å². The quantitative estimate of drug-likeness (QED) is 0.257. The maximum atomic E-state index is 12.1. The van der Waals surface area contributed by atoms with E-state index >= 15 is 0 Å². The summed E-state index contributed by atoms with van der Waals surface area (Å²) in [4.78, 5) is 13.3. The normalized spacial score (nSPS) is 42.8. The van der Waals surface area contributed by atoms with Gasteiger partial charge in [-0.1, -0.05) is 0 Å². The minimum absolute atomic E-state index is 0.215. The van der Waals surface area contributed by atoms with E-state index in [-0.39, 0.29) is 18.7 Å². The summed E-state index contributed by atoms with van der Waals surface area (Å²) in [5.41, 5.74) is 23.6. The van der Waals surface area contributed by atoms with Crippen LogP contribution in [0.4, 0.5) is 0 Å². The highest BCUT2D eigenvalue weighted by Crippen LogP contribution is 2.31. The first-order valence-corrected chi connectivity index (χ1v) is 9.56. The summed E-state index contributed by atoms with van der Waals surface area (Å²) in [6, 6.07) is -2.55. The summed E-state index contributed by atoms with van der Waals surface area (Å²) in [7, 11) is 2.85. The SMILES string of the molecule is CO[C@@H]1[C@H](O)[C@@H](N)[C@H](O[C@H]2O[C@H]([C@H](C)N)CC[C@H]2N)[C@@H](O)[C@H]1N(C)C(=O)CN. The fraction of sp³-hybridized carbons (Fsp3) is 0.941. The Morgan fingerprint density at radius 3 is 2.43 bits per heavy atom. The number of aliphatic hydroxyl groups excluding tert-OH is 2. The van der Waals surface area contributed by atoms with Gasteiger partial charge in [0.1, 0.15) is 18.3 Å². The number of rotatable bonds is 6. The zero-order valence-corrected chi connectivity index (χ0v) is 16.7. The zero-order chi connectivity index (χ0) is 21.2. The molecule has 2 rings (SSSR count). The summed E-state index contributed by atoms with van der Waals surface area (Å²) < 4.78 is 17.1. The molecule has 10 atom stereocenters.